The molecule has 84 valence electrons. The Balaban J connectivity index is 3.33. The molecule has 3 heteroatoms. The van der Waals surface area contributed by atoms with E-state index in [1.807, 2.05) is 26.8 Å². The second kappa shape index (κ2) is 4.64. The van der Waals surface area contributed by atoms with Gasteiger partial charge in [0, 0.05) is 7.11 Å². The highest BCUT2D eigenvalue weighted by Crippen LogP contribution is 2.30. The van der Waals surface area contributed by atoms with E-state index in [4.69, 9.17) is 15.2 Å². The largest absolute Gasteiger partial charge is 0.496 e. The molecule has 1 aromatic rings. The predicted octanol–water partition coefficient (Wildman–Crippen LogP) is 2.22. The second-order valence-electron chi connectivity index (χ2n) is 3.72. The van der Waals surface area contributed by atoms with Crippen LogP contribution in [0, 0.1) is 20.8 Å². The van der Waals surface area contributed by atoms with E-state index in [2.05, 4.69) is 0 Å². The molecule has 1 aromatic carbocycles. The van der Waals surface area contributed by atoms with Crippen LogP contribution in [0.3, 0.4) is 0 Å². The number of hydrogen-bond donors (Lipinski definition) is 1. The summed E-state index contributed by atoms with van der Waals surface area (Å²) in [5.41, 5.74) is 10.2. The average molecular weight is 209 g/mol. The summed E-state index contributed by atoms with van der Waals surface area (Å²) in [4.78, 5) is 0. The lowest BCUT2D eigenvalue weighted by Gasteiger charge is -2.18. The Kier molecular flexibility index (Phi) is 3.72. The zero-order valence-electron chi connectivity index (χ0n) is 10.0. The van der Waals surface area contributed by atoms with Gasteiger partial charge >= 0.3 is 0 Å². The van der Waals surface area contributed by atoms with E-state index in [0.29, 0.717) is 0 Å². The van der Waals surface area contributed by atoms with Crippen molar-refractivity contribution >= 4 is 0 Å². The van der Waals surface area contributed by atoms with Gasteiger partial charge in [-0.3, -0.25) is 0 Å². The minimum atomic E-state index is -0.367. The van der Waals surface area contributed by atoms with Crippen LogP contribution in [-0.2, 0) is 4.74 Å². The highest BCUT2D eigenvalue weighted by molar-refractivity contribution is 5.49. The summed E-state index contributed by atoms with van der Waals surface area (Å²) in [5, 5.41) is 0. The van der Waals surface area contributed by atoms with Crippen molar-refractivity contribution in [3.8, 4) is 5.75 Å². The summed E-state index contributed by atoms with van der Waals surface area (Å²) in [5.74, 6) is 0.930. The Morgan fingerprint density at radius 2 is 1.73 bits per heavy atom. The maximum Gasteiger partial charge on any atom is 0.131 e. The van der Waals surface area contributed by atoms with E-state index in [0.717, 1.165) is 28.0 Å². The Hall–Kier alpha value is -1.06. The summed E-state index contributed by atoms with van der Waals surface area (Å²) in [6.45, 7) is 6.08. The molecule has 0 aromatic heterocycles. The van der Waals surface area contributed by atoms with Gasteiger partial charge in [-0.15, -0.1) is 0 Å². The van der Waals surface area contributed by atoms with Gasteiger partial charge in [-0.25, -0.2) is 0 Å². The van der Waals surface area contributed by atoms with Crippen LogP contribution >= 0.6 is 0 Å². The van der Waals surface area contributed by atoms with E-state index in [-0.39, 0.29) is 6.23 Å². The van der Waals surface area contributed by atoms with Gasteiger partial charge in [-0.05, 0) is 49.1 Å². The van der Waals surface area contributed by atoms with E-state index in [1.165, 1.54) is 0 Å². The van der Waals surface area contributed by atoms with Crippen molar-refractivity contribution in [3.63, 3.8) is 0 Å². The van der Waals surface area contributed by atoms with E-state index >= 15 is 0 Å². The molecule has 0 aliphatic heterocycles. The molecule has 0 bridgehead atoms. The molecule has 1 atom stereocenters. The lowest BCUT2D eigenvalue weighted by molar-refractivity contribution is 0.108. The molecular weight excluding hydrogens is 190 g/mol. The van der Waals surface area contributed by atoms with E-state index < -0.39 is 0 Å². The molecular formula is C12H19NO2. The Morgan fingerprint density at radius 1 is 1.13 bits per heavy atom. The molecule has 0 aliphatic carbocycles. The van der Waals surface area contributed by atoms with Crippen LogP contribution in [0.5, 0.6) is 5.75 Å². The third-order valence-corrected chi connectivity index (χ3v) is 2.83. The summed E-state index contributed by atoms with van der Waals surface area (Å²) in [6.07, 6.45) is -0.367. The van der Waals surface area contributed by atoms with E-state index in [9.17, 15) is 0 Å². The average Bonchev–Trinajstić information content (AvgIpc) is 2.23. The normalized spacial score (nSPS) is 12.7. The minimum Gasteiger partial charge on any atom is -0.496 e. The summed E-state index contributed by atoms with van der Waals surface area (Å²) < 4.78 is 10.5. The van der Waals surface area contributed by atoms with Crippen molar-refractivity contribution in [3.05, 3.63) is 28.3 Å². The van der Waals surface area contributed by atoms with Gasteiger partial charge in [-0.2, -0.15) is 0 Å². The van der Waals surface area contributed by atoms with Crippen LogP contribution in [0.15, 0.2) is 6.07 Å². The van der Waals surface area contributed by atoms with Gasteiger partial charge in [-0.1, -0.05) is 0 Å². The smallest absolute Gasteiger partial charge is 0.131 e. The summed E-state index contributed by atoms with van der Waals surface area (Å²) in [7, 11) is 3.30. The first-order valence-corrected chi connectivity index (χ1v) is 4.96. The topological polar surface area (TPSA) is 44.5 Å². The van der Waals surface area contributed by atoms with Crippen LogP contribution < -0.4 is 10.5 Å². The van der Waals surface area contributed by atoms with Gasteiger partial charge in [0.2, 0.25) is 0 Å². The number of ether oxygens (including phenoxy) is 2. The fraction of sp³-hybridized carbons (Fsp3) is 0.500. The van der Waals surface area contributed by atoms with E-state index in [1.54, 1.807) is 14.2 Å². The van der Waals surface area contributed by atoms with Crippen LogP contribution in [0.2, 0.25) is 0 Å². The second-order valence-corrected chi connectivity index (χ2v) is 3.72. The Morgan fingerprint density at radius 3 is 2.20 bits per heavy atom. The molecule has 0 fully saturated rings. The van der Waals surface area contributed by atoms with Gasteiger partial charge in [0.15, 0.2) is 0 Å². The SMILES string of the molecule is COc1c(C)cc(C(N)OC)c(C)c1C. The zero-order valence-corrected chi connectivity index (χ0v) is 10.0. The van der Waals surface area contributed by atoms with Crippen molar-refractivity contribution in [2.24, 2.45) is 5.73 Å². The first-order valence-electron chi connectivity index (χ1n) is 4.96. The monoisotopic (exact) mass is 209 g/mol. The standard InChI is InChI=1S/C12H19NO2/c1-7-6-10(12(13)15-5)8(2)9(3)11(7)14-4/h6,12H,13H2,1-5H3. The minimum absolute atomic E-state index is 0.367. The third kappa shape index (κ3) is 2.13. The van der Waals surface area contributed by atoms with Crippen molar-refractivity contribution in [1.82, 2.24) is 0 Å². The maximum absolute atomic E-state index is 5.86. The number of benzene rings is 1. The van der Waals surface area contributed by atoms with Gasteiger partial charge in [0.05, 0.1) is 7.11 Å². The molecule has 0 spiro atoms. The zero-order chi connectivity index (χ0) is 11.6. The van der Waals surface area contributed by atoms with Crippen molar-refractivity contribution < 1.29 is 9.47 Å². The van der Waals surface area contributed by atoms with Crippen LogP contribution in [0.25, 0.3) is 0 Å². The fourth-order valence-corrected chi connectivity index (χ4v) is 1.83. The summed E-state index contributed by atoms with van der Waals surface area (Å²) >= 11 is 0. The molecule has 15 heavy (non-hydrogen) atoms. The Labute approximate surface area is 91.2 Å². The van der Waals surface area contributed by atoms with Crippen molar-refractivity contribution in [2.75, 3.05) is 14.2 Å². The molecule has 0 heterocycles. The Bertz CT molecular complexity index is 361. The maximum atomic E-state index is 5.86. The highest BCUT2D eigenvalue weighted by atomic mass is 16.5. The van der Waals surface area contributed by atoms with Gasteiger partial charge in [0.25, 0.3) is 0 Å². The number of methoxy groups -OCH3 is 2. The number of nitrogens with two attached hydrogens (primary N) is 1. The molecule has 0 saturated heterocycles. The van der Waals surface area contributed by atoms with Crippen LogP contribution in [-0.4, -0.2) is 14.2 Å². The first kappa shape index (κ1) is 12.0. The first-order chi connectivity index (χ1) is 7.02. The summed E-state index contributed by atoms with van der Waals surface area (Å²) in [6, 6.07) is 2.02. The predicted molar refractivity (Wildman–Crippen MR) is 61.1 cm³/mol. The number of rotatable bonds is 3. The fourth-order valence-electron chi connectivity index (χ4n) is 1.83. The molecule has 2 N–H and O–H groups in total. The molecule has 0 amide bonds. The highest BCUT2D eigenvalue weighted by Gasteiger charge is 2.14. The van der Waals surface area contributed by atoms with Crippen LogP contribution in [0.4, 0.5) is 0 Å². The molecule has 0 radical (unpaired) electrons. The third-order valence-electron chi connectivity index (χ3n) is 2.83. The lowest BCUT2D eigenvalue weighted by Crippen LogP contribution is -2.14. The van der Waals surface area contributed by atoms with Gasteiger partial charge in [0.1, 0.15) is 12.0 Å². The molecule has 0 saturated carbocycles. The van der Waals surface area contributed by atoms with Gasteiger partial charge < -0.3 is 15.2 Å². The lowest BCUT2D eigenvalue weighted by atomic mass is 9.98. The molecule has 1 rings (SSSR count). The molecule has 3 nitrogen and oxygen atoms in total. The quantitative estimate of drug-likeness (QED) is 0.776. The number of hydrogen-bond acceptors (Lipinski definition) is 3. The van der Waals surface area contributed by atoms with Crippen LogP contribution in [0.1, 0.15) is 28.5 Å². The molecule has 0 aliphatic rings. The van der Waals surface area contributed by atoms with Crippen molar-refractivity contribution in [1.29, 1.82) is 0 Å². The molecule has 1 unspecified atom stereocenters. The number of aryl methyl sites for hydroxylation is 1. The van der Waals surface area contributed by atoms with Crippen molar-refractivity contribution in [2.45, 2.75) is 27.0 Å².